The molecule has 4 heteroatoms. The molecular weight excluding hydrogens is 190 g/mol. The monoisotopic (exact) mass is 209 g/mol. The van der Waals surface area contributed by atoms with Crippen molar-refractivity contribution in [2.24, 2.45) is 11.1 Å². The van der Waals surface area contributed by atoms with Crippen LogP contribution in [0, 0.1) is 5.41 Å². The van der Waals surface area contributed by atoms with Crippen molar-refractivity contribution in [2.75, 3.05) is 6.54 Å². The number of aryl methyl sites for hydroxylation is 1. The van der Waals surface area contributed by atoms with Crippen LogP contribution in [-0.2, 0) is 17.8 Å². The first-order chi connectivity index (χ1) is 7.01. The van der Waals surface area contributed by atoms with E-state index in [1.54, 1.807) is 6.20 Å². The zero-order valence-corrected chi connectivity index (χ0v) is 9.66. The van der Waals surface area contributed by atoms with Gasteiger partial charge in [-0.05, 0) is 6.92 Å². The molecule has 0 amide bonds. The first kappa shape index (κ1) is 11.9. The SMILES string of the molecule is CCn1ccnc1CC(=O)C(C)(C)CN. The molecule has 0 radical (unpaired) electrons. The molecule has 0 atom stereocenters. The molecular formula is C11H19N3O. The van der Waals surface area contributed by atoms with Crippen LogP contribution in [0.4, 0.5) is 0 Å². The number of rotatable bonds is 5. The van der Waals surface area contributed by atoms with Gasteiger partial charge in [0, 0.05) is 30.9 Å². The predicted octanol–water partition coefficient (Wildman–Crippen LogP) is 0.999. The summed E-state index contributed by atoms with van der Waals surface area (Å²) in [5.41, 5.74) is 5.10. The molecule has 0 aliphatic carbocycles. The highest BCUT2D eigenvalue weighted by atomic mass is 16.1. The lowest BCUT2D eigenvalue weighted by Crippen LogP contribution is -2.34. The largest absolute Gasteiger partial charge is 0.335 e. The molecule has 0 unspecified atom stereocenters. The number of nitrogens with zero attached hydrogens (tertiary/aromatic N) is 2. The van der Waals surface area contributed by atoms with Gasteiger partial charge >= 0.3 is 0 Å². The smallest absolute Gasteiger partial charge is 0.147 e. The predicted molar refractivity (Wildman–Crippen MR) is 59.4 cm³/mol. The van der Waals surface area contributed by atoms with Crippen LogP contribution in [-0.4, -0.2) is 21.9 Å². The minimum Gasteiger partial charge on any atom is -0.335 e. The Hall–Kier alpha value is -1.16. The number of hydrogen-bond acceptors (Lipinski definition) is 3. The summed E-state index contributed by atoms with van der Waals surface area (Å²) < 4.78 is 1.98. The van der Waals surface area contributed by atoms with Gasteiger partial charge in [-0.1, -0.05) is 13.8 Å². The maximum absolute atomic E-state index is 11.9. The van der Waals surface area contributed by atoms with Gasteiger partial charge in [0.1, 0.15) is 11.6 Å². The lowest BCUT2D eigenvalue weighted by molar-refractivity contribution is -0.126. The average molecular weight is 209 g/mol. The first-order valence-electron chi connectivity index (χ1n) is 5.24. The highest BCUT2D eigenvalue weighted by molar-refractivity contribution is 5.85. The maximum Gasteiger partial charge on any atom is 0.147 e. The van der Waals surface area contributed by atoms with Gasteiger partial charge in [-0.15, -0.1) is 0 Å². The molecule has 1 heterocycles. The molecule has 0 bridgehead atoms. The summed E-state index contributed by atoms with van der Waals surface area (Å²) in [6.45, 7) is 6.98. The topological polar surface area (TPSA) is 60.9 Å². The van der Waals surface area contributed by atoms with Crippen LogP contribution >= 0.6 is 0 Å². The molecule has 0 saturated carbocycles. The molecule has 4 nitrogen and oxygen atoms in total. The molecule has 2 N–H and O–H groups in total. The van der Waals surface area contributed by atoms with E-state index in [4.69, 9.17) is 5.73 Å². The lowest BCUT2D eigenvalue weighted by Gasteiger charge is -2.20. The van der Waals surface area contributed by atoms with E-state index in [-0.39, 0.29) is 5.78 Å². The van der Waals surface area contributed by atoms with Crippen LogP contribution in [0.15, 0.2) is 12.4 Å². The second-order valence-corrected chi connectivity index (χ2v) is 4.32. The summed E-state index contributed by atoms with van der Waals surface area (Å²) in [5.74, 6) is 0.968. The molecule has 15 heavy (non-hydrogen) atoms. The summed E-state index contributed by atoms with van der Waals surface area (Å²) in [5, 5.41) is 0. The van der Waals surface area contributed by atoms with Crippen molar-refractivity contribution in [3.63, 3.8) is 0 Å². The number of hydrogen-bond donors (Lipinski definition) is 1. The Labute approximate surface area is 90.5 Å². The Morgan fingerprint density at radius 2 is 2.27 bits per heavy atom. The average Bonchev–Trinajstić information content (AvgIpc) is 2.65. The second-order valence-electron chi connectivity index (χ2n) is 4.32. The van der Waals surface area contributed by atoms with Gasteiger partial charge < -0.3 is 10.3 Å². The lowest BCUT2D eigenvalue weighted by atomic mass is 9.86. The summed E-state index contributed by atoms with van der Waals surface area (Å²) in [7, 11) is 0. The van der Waals surface area contributed by atoms with Gasteiger partial charge in [-0.25, -0.2) is 4.98 Å². The van der Waals surface area contributed by atoms with E-state index in [9.17, 15) is 4.79 Å². The Balaban J connectivity index is 2.74. The molecule has 0 aromatic carbocycles. The van der Waals surface area contributed by atoms with E-state index in [0.29, 0.717) is 13.0 Å². The third-order valence-corrected chi connectivity index (χ3v) is 2.73. The second kappa shape index (κ2) is 4.57. The van der Waals surface area contributed by atoms with Crippen molar-refractivity contribution in [2.45, 2.75) is 33.7 Å². The molecule has 1 rings (SSSR count). The molecule has 0 saturated heterocycles. The number of aromatic nitrogens is 2. The Kier molecular flexibility index (Phi) is 3.63. The zero-order valence-electron chi connectivity index (χ0n) is 9.66. The van der Waals surface area contributed by atoms with E-state index in [2.05, 4.69) is 4.98 Å². The highest BCUT2D eigenvalue weighted by Gasteiger charge is 2.26. The number of carbonyl (C=O) groups excluding carboxylic acids is 1. The van der Waals surface area contributed by atoms with Crippen molar-refractivity contribution in [1.29, 1.82) is 0 Å². The molecule has 1 aromatic rings. The van der Waals surface area contributed by atoms with E-state index < -0.39 is 5.41 Å². The Bertz CT molecular complexity index is 341. The minimum atomic E-state index is -0.454. The third kappa shape index (κ3) is 2.65. The van der Waals surface area contributed by atoms with Crippen LogP contribution in [0.2, 0.25) is 0 Å². The molecule has 84 valence electrons. The van der Waals surface area contributed by atoms with Gasteiger partial charge in [0.25, 0.3) is 0 Å². The summed E-state index contributed by atoms with van der Waals surface area (Å²) in [6, 6.07) is 0. The van der Waals surface area contributed by atoms with Crippen molar-refractivity contribution in [1.82, 2.24) is 9.55 Å². The minimum absolute atomic E-state index is 0.144. The molecule has 0 spiro atoms. The third-order valence-electron chi connectivity index (χ3n) is 2.73. The van der Waals surface area contributed by atoms with E-state index >= 15 is 0 Å². The van der Waals surface area contributed by atoms with Gasteiger partial charge in [-0.3, -0.25) is 4.79 Å². The van der Waals surface area contributed by atoms with Crippen molar-refractivity contribution in [3.05, 3.63) is 18.2 Å². The quantitative estimate of drug-likeness (QED) is 0.787. The first-order valence-corrected chi connectivity index (χ1v) is 5.24. The van der Waals surface area contributed by atoms with E-state index in [1.165, 1.54) is 0 Å². The van der Waals surface area contributed by atoms with Gasteiger partial charge in [0.05, 0.1) is 6.42 Å². The summed E-state index contributed by atoms with van der Waals surface area (Å²) in [4.78, 5) is 16.1. The zero-order chi connectivity index (χ0) is 11.5. The number of imidazole rings is 1. The van der Waals surface area contributed by atoms with E-state index in [0.717, 1.165) is 12.4 Å². The Morgan fingerprint density at radius 1 is 1.60 bits per heavy atom. The summed E-state index contributed by atoms with van der Waals surface area (Å²) in [6.07, 6.45) is 3.98. The van der Waals surface area contributed by atoms with Crippen LogP contribution < -0.4 is 5.73 Å². The standard InChI is InChI=1S/C11H19N3O/c1-4-14-6-5-13-10(14)7-9(15)11(2,3)8-12/h5-6H,4,7-8,12H2,1-3H3. The van der Waals surface area contributed by atoms with Crippen molar-refractivity contribution < 1.29 is 4.79 Å². The number of carbonyl (C=O) groups is 1. The number of ketones is 1. The fraction of sp³-hybridized carbons (Fsp3) is 0.636. The van der Waals surface area contributed by atoms with Crippen molar-refractivity contribution >= 4 is 5.78 Å². The Morgan fingerprint density at radius 3 is 2.80 bits per heavy atom. The van der Waals surface area contributed by atoms with Crippen molar-refractivity contribution in [3.8, 4) is 0 Å². The molecule has 0 aliphatic rings. The molecule has 0 aliphatic heterocycles. The van der Waals surface area contributed by atoms with Crippen LogP contribution in [0.1, 0.15) is 26.6 Å². The maximum atomic E-state index is 11.9. The van der Waals surface area contributed by atoms with Crippen LogP contribution in [0.25, 0.3) is 0 Å². The summed E-state index contributed by atoms with van der Waals surface area (Å²) >= 11 is 0. The van der Waals surface area contributed by atoms with Crippen LogP contribution in [0.5, 0.6) is 0 Å². The van der Waals surface area contributed by atoms with E-state index in [1.807, 2.05) is 31.5 Å². The molecule has 0 fully saturated rings. The van der Waals surface area contributed by atoms with Gasteiger partial charge in [0.15, 0.2) is 0 Å². The highest BCUT2D eigenvalue weighted by Crippen LogP contribution is 2.16. The number of Topliss-reactive ketones (excluding diaryl/α,β-unsaturated/α-hetero) is 1. The fourth-order valence-electron chi connectivity index (χ4n) is 1.29. The van der Waals surface area contributed by atoms with Crippen LogP contribution in [0.3, 0.4) is 0 Å². The fourth-order valence-corrected chi connectivity index (χ4v) is 1.29. The molecule has 1 aromatic heterocycles. The number of nitrogens with two attached hydrogens (primary N) is 1. The van der Waals surface area contributed by atoms with Gasteiger partial charge in [0.2, 0.25) is 0 Å². The van der Waals surface area contributed by atoms with Gasteiger partial charge in [-0.2, -0.15) is 0 Å². The normalized spacial score (nSPS) is 11.7.